The van der Waals surface area contributed by atoms with Gasteiger partial charge in [0.25, 0.3) is 5.91 Å². The number of benzene rings is 2. The van der Waals surface area contributed by atoms with Crippen LogP contribution >= 0.6 is 0 Å². The zero-order valence-electron chi connectivity index (χ0n) is 13.6. The Morgan fingerprint density at radius 1 is 1.00 bits per heavy atom. The summed E-state index contributed by atoms with van der Waals surface area (Å²) in [5.74, 6) is -0.316. The summed E-state index contributed by atoms with van der Waals surface area (Å²) >= 11 is 0. The maximum absolute atomic E-state index is 12.0. The molecule has 2 N–H and O–H groups in total. The first-order chi connectivity index (χ1) is 12.8. The van der Waals surface area contributed by atoms with Crippen LogP contribution in [0.4, 0.5) is 0 Å². The summed E-state index contributed by atoms with van der Waals surface area (Å²) in [4.78, 5) is 23.7. The highest BCUT2D eigenvalue weighted by Crippen LogP contribution is 2.24. The van der Waals surface area contributed by atoms with E-state index in [0.717, 1.165) is 27.0 Å². The number of hydrogen-bond acceptors (Lipinski definition) is 4. The first-order valence-corrected chi connectivity index (χ1v) is 8.17. The fourth-order valence-corrected chi connectivity index (χ4v) is 3.17. The smallest absolute Gasteiger partial charge is 0.296 e. The van der Waals surface area contributed by atoms with Gasteiger partial charge in [-0.25, -0.2) is 4.99 Å². The lowest BCUT2D eigenvalue weighted by Crippen LogP contribution is -2.26. The first kappa shape index (κ1) is 14.5. The number of para-hydroxylation sites is 2. The number of fused-ring (bicyclic) bond motifs is 4. The Bertz CT molecular complexity index is 1330. The van der Waals surface area contributed by atoms with Gasteiger partial charge in [-0.2, -0.15) is 5.10 Å². The van der Waals surface area contributed by atoms with E-state index in [1.54, 1.807) is 18.5 Å². The highest BCUT2D eigenvalue weighted by molar-refractivity contribution is 6.14. The summed E-state index contributed by atoms with van der Waals surface area (Å²) in [7, 11) is 0. The van der Waals surface area contributed by atoms with Gasteiger partial charge in [-0.15, -0.1) is 0 Å². The third-order valence-corrected chi connectivity index (χ3v) is 4.39. The van der Waals surface area contributed by atoms with E-state index in [9.17, 15) is 4.79 Å². The van der Waals surface area contributed by atoms with Crippen molar-refractivity contribution in [2.24, 2.45) is 10.1 Å². The normalized spacial score (nSPS) is 13.5. The largest absolute Gasteiger partial charge is 0.353 e. The minimum atomic E-state index is -0.316. The van der Waals surface area contributed by atoms with Crippen LogP contribution in [0.5, 0.6) is 0 Å². The molecule has 0 atom stereocenters. The van der Waals surface area contributed by atoms with Gasteiger partial charge in [0.05, 0.1) is 29.0 Å². The summed E-state index contributed by atoms with van der Waals surface area (Å²) in [5.41, 5.74) is 5.94. The molecule has 1 aliphatic rings. The molecule has 0 radical (unpaired) electrons. The van der Waals surface area contributed by atoms with Gasteiger partial charge < -0.3 is 4.98 Å². The SMILES string of the molecule is O=C1N=c2ccccc2=C1N/N=C/c1cc2c(cn1)[nH]c1ccccc12. The van der Waals surface area contributed by atoms with Crippen molar-refractivity contribution in [2.75, 3.05) is 0 Å². The predicted octanol–water partition coefficient (Wildman–Crippen LogP) is 1.61. The fourth-order valence-electron chi connectivity index (χ4n) is 3.17. The van der Waals surface area contributed by atoms with Crippen LogP contribution in [0.3, 0.4) is 0 Å². The van der Waals surface area contributed by atoms with Crippen molar-refractivity contribution in [3.63, 3.8) is 0 Å². The van der Waals surface area contributed by atoms with Gasteiger partial charge in [-0.05, 0) is 18.2 Å². The van der Waals surface area contributed by atoms with Crippen LogP contribution in [-0.2, 0) is 4.79 Å². The Labute approximate surface area is 147 Å². The molecule has 26 heavy (non-hydrogen) atoms. The molecule has 4 aromatic rings. The van der Waals surface area contributed by atoms with Crippen LogP contribution in [-0.4, -0.2) is 22.1 Å². The minimum Gasteiger partial charge on any atom is -0.353 e. The standard InChI is InChI=1S/C20H13N5O/c26-20-19(14-6-2-4-8-17(14)24-20)25-22-10-12-9-15-13-5-1-3-7-16(13)23-18(15)11-21-12/h1-11,23H,(H,24,25,26)/b22-10+. The molecular weight excluding hydrogens is 326 g/mol. The summed E-state index contributed by atoms with van der Waals surface area (Å²) in [6, 6.07) is 17.4. The number of nitrogens with zero attached hydrogens (tertiary/aromatic N) is 3. The van der Waals surface area contributed by atoms with E-state index < -0.39 is 0 Å². The third-order valence-electron chi connectivity index (χ3n) is 4.39. The molecule has 1 amide bonds. The van der Waals surface area contributed by atoms with Crippen LogP contribution in [0.25, 0.3) is 27.5 Å². The number of carbonyl (C=O) groups excluding carboxylic acids is 1. The van der Waals surface area contributed by atoms with Crippen molar-refractivity contribution in [3.8, 4) is 0 Å². The van der Waals surface area contributed by atoms with Gasteiger partial charge >= 0.3 is 0 Å². The summed E-state index contributed by atoms with van der Waals surface area (Å²) in [6.45, 7) is 0. The molecular formula is C20H13N5O. The zero-order chi connectivity index (χ0) is 17.5. The van der Waals surface area contributed by atoms with Crippen LogP contribution in [0, 0.1) is 0 Å². The molecule has 0 spiro atoms. The molecule has 0 saturated heterocycles. The molecule has 124 valence electrons. The first-order valence-electron chi connectivity index (χ1n) is 8.17. The lowest BCUT2D eigenvalue weighted by atomic mass is 10.2. The topological polar surface area (TPSA) is 82.5 Å². The third kappa shape index (κ3) is 2.28. The summed E-state index contributed by atoms with van der Waals surface area (Å²) in [6.07, 6.45) is 3.39. The maximum atomic E-state index is 12.0. The van der Waals surface area contributed by atoms with Gasteiger partial charge in [0.1, 0.15) is 5.70 Å². The Morgan fingerprint density at radius 2 is 1.85 bits per heavy atom. The number of pyridine rings is 1. The number of carbonyl (C=O) groups is 1. The van der Waals surface area contributed by atoms with E-state index in [0.29, 0.717) is 16.7 Å². The van der Waals surface area contributed by atoms with E-state index in [1.807, 2.05) is 42.5 Å². The zero-order valence-corrected chi connectivity index (χ0v) is 13.6. The Kier molecular flexibility index (Phi) is 3.15. The number of amides is 1. The lowest BCUT2D eigenvalue weighted by Gasteiger charge is -1.98. The molecule has 2 aromatic carbocycles. The van der Waals surface area contributed by atoms with Gasteiger partial charge in [-0.1, -0.05) is 36.4 Å². The second-order valence-corrected chi connectivity index (χ2v) is 6.00. The molecule has 6 heteroatoms. The van der Waals surface area contributed by atoms with E-state index in [1.165, 1.54) is 0 Å². The second kappa shape index (κ2) is 5.63. The second-order valence-electron chi connectivity index (χ2n) is 6.00. The Balaban J connectivity index is 1.49. The Hall–Kier alpha value is -3.80. The predicted molar refractivity (Wildman–Crippen MR) is 100.0 cm³/mol. The van der Waals surface area contributed by atoms with E-state index in [-0.39, 0.29) is 5.91 Å². The Morgan fingerprint density at radius 3 is 2.81 bits per heavy atom. The van der Waals surface area contributed by atoms with E-state index in [2.05, 4.69) is 31.6 Å². The van der Waals surface area contributed by atoms with Crippen molar-refractivity contribution >= 4 is 39.6 Å². The van der Waals surface area contributed by atoms with Crippen molar-refractivity contribution in [3.05, 3.63) is 77.1 Å². The number of aromatic nitrogens is 2. The van der Waals surface area contributed by atoms with Crippen LogP contribution in [0.15, 0.2) is 70.9 Å². The van der Waals surface area contributed by atoms with Gasteiger partial charge in [0.15, 0.2) is 0 Å². The quantitative estimate of drug-likeness (QED) is 0.439. The molecule has 0 aliphatic carbocycles. The number of H-pyrrole nitrogens is 1. The van der Waals surface area contributed by atoms with Crippen LogP contribution in [0.1, 0.15) is 5.69 Å². The van der Waals surface area contributed by atoms with Crippen LogP contribution in [0.2, 0.25) is 0 Å². The van der Waals surface area contributed by atoms with Crippen LogP contribution < -0.4 is 16.0 Å². The number of hydrogen-bond donors (Lipinski definition) is 2. The van der Waals surface area contributed by atoms with E-state index >= 15 is 0 Å². The average molecular weight is 339 g/mol. The number of hydrazone groups is 1. The maximum Gasteiger partial charge on any atom is 0.296 e. The number of aromatic amines is 1. The molecule has 0 saturated carbocycles. The van der Waals surface area contributed by atoms with Crippen molar-refractivity contribution < 1.29 is 4.79 Å². The van der Waals surface area contributed by atoms with E-state index in [4.69, 9.17) is 0 Å². The number of rotatable bonds is 3. The average Bonchev–Trinajstić information content (AvgIpc) is 3.19. The molecule has 5 rings (SSSR count). The van der Waals surface area contributed by atoms with Crippen molar-refractivity contribution in [2.45, 2.75) is 0 Å². The molecule has 1 aliphatic heterocycles. The van der Waals surface area contributed by atoms with Crippen molar-refractivity contribution in [1.82, 2.24) is 15.4 Å². The minimum absolute atomic E-state index is 0.316. The van der Waals surface area contributed by atoms with Gasteiger partial charge in [0, 0.05) is 21.5 Å². The lowest BCUT2D eigenvalue weighted by molar-refractivity contribution is -0.113. The number of nitrogens with one attached hydrogen (secondary N) is 2. The van der Waals surface area contributed by atoms with Gasteiger partial charge in [-0.3, -0.25) is 15.2 Å². The molecule has 3 heterocycles. The fraction of sp³-hybridized carbons (Fsp3) is 0. The summed E-state index contributed by atoms with van der Waals surface area (Å²) in [5, 5.41) is 7.82. The highest BCUT2D eigenvalue weighted by atomic mass is 16.1. The molecule has 0 unspecified atom stereocenters. The highest BCUT2D eigenvalue weighted by Gasteiger charge is 2.15. The summed E-state index contributed by atoms with van der Waals surface area (Å²) < 4.78 is 0. The molecule has 6 nitrogen and oxygen atoms in total. The van der Waals surface area contributed by atoms with Crippen molar-refractivity contribution in [1.29, 1.82) is 0 Å². The monoisotopic (exact) mass is 339 g/mol. The molecule has 0 bridgehead atoms. The molecule has 2 aromatic heterocycles. The van der Waals surface area contributed by atoms with Gasteiger partial charge in [0.2, 0.25) is 0 Å². The molecule has 0 fully saturated rings.